The highest BCUT2D eigenvalue weighted by atomic mass is 15.3. The van der Waals surface area contributed by atoms with Crippen LogP contribution in [-0.2, 0) is 0 Å². The number of hydrogen-bond donors (Lipinski definition) is 0. The second-order valence-electron chi connectivity index (χ2n) is 7.04. The van der Waals surface area contributed by atoms with Gasteiger partial charge in [-0.05, 0) is 32.1 Å². The Morgan fingerprint density at radius 3 is 1.71 bits per heavy atom. The van der Waals surface area contributed by atoms with E-state index in [1.54, 1.807) is 0 Å². The fourth-order valence-corrected chi connectivity index (χ4v) is 3.46. The molecule has 0 radical (unpaired) electrons. The molecule has 1 aliphatic heterocycles. The predicted molar refractivity (Wildman–Crippen MR) is 78.1 cm³/mol. The molecule has 0 saturated carbocycles. The third-order valence-corrected chi connectivity index (χ3v) is 4.23. The zero-order valence-electron chi connectivity index (χ0n) is 11.2. The van der Waals surface area contributed by atoms with E-state index in [2.05, 4.69) is 64.9 Å². The lowest BCUT2D eigenvalue weighted by Gasteiger charge is -2.50. The first-order valence-electron chi connectivity index (χ1n) is 5.79. The van der Waals surface area contributed by atoms with Gasteiger partial charge >= 0.3 is 0 Å². The maximum atomic E-state index is 2.68. The van der Waals surface area contributed by atoms with Crippen LogP contribution in [0.2, 0.25) is 5.21 Å². The molecule has 0 spiro atoms. The molecule has 1 nitrogen and oxygen atoms in total. The predicted octanol–water partition coefficient (Wildman–Crippen LogP) is -3.25. The molecule has 1 saturated heterocycles. The van der Waals surface area contributed by atoms with Crippen molar-refractivity contribution in [2.24, 2.45) is 0 Å². The lowest BCUT2D eigenvalue weighted by atomic mass is 9.34. The van der Waals surface area contributed by atoms with Crippen LogP contribution in [0.5, 0.6) is 0 Å². The molecule has 1 atom stereocenters. The SMILES string of the molecule is BC1CC(B)(B)C(B)(B)N1C(C)(C)C. The lowest BCUT2D eigenvalue weighted by molar-refractivity contribution is 0.120. The van der Waals surface area contributed by atoms with Crippen molar-refractivity contribution >= 4 is 39.2 Å². The van der Waals surface area contributed by atoms with Crippen LogP contribution in [0, 0.1) is 0 Å². The molecule has 14 heavy (non-hydrogen) atoms. The summed E-state index contributed by atoms with van der Waals surface area (Å²) in [6, 6.07) is 0. The van der Waals surface area contributed by atoms with E-state index in [1.807, 2.05) is 0 Å². The Labute approximate surface area is 93.8 Å². The van der Waals surface area contributed by atoms with Crippen LogP contribution in [0.15, 0.2) is 0 Å². The number of rotatable bonds is 0. The molecular formula is C8H22B5N. The average Bonchev–Trinajstić information content (AvgIpc) is 1.93. The summed E-state index contributed by atoms with van der Waals surface area (Å²) in [6.45, 7) is 6.98. The molecule has 0 amide bonds. The van der Waals surface area contributed by atoms with Crippen LogP contribution in [0.3, 0.4) is 0 Å². The molecule has 1 rings (SSSR count). The van der Waals surface area contributed by atoms with Crippen molar-refractivity contribution in [3.63, 3.8) is 0 Å². The second-order valence-corrected chi connectivity index (χ2v) is 7.04. The Balaban J connectivity index is 3.09. The van der Waals surface area contributed by atoms with E-state index in [0.717, 1.165) is 0 Å². The van der Waals surface area contributed by atoms with Gasteiger partial charge < -0.3 is 4.90 Å². The minimum atomic E-state index is 0.274. The van der Waals surface area contributed by atoms with E-state index in [-0.39, 0.29) is 5.54 Å². The van der Waals surface area contributed by atoms with Gasteiger partial charge in [-0.3, -0.25) is 0 Å². The number of hydrogen-bond acceptors (Lipinski definition) is 1. The molecule has 1 aliphatic rings. The molecule has 1 heterocycles. The van der Waals surface area contributed by atoms with Crippen molar-refractivity contribution in [3.05, 3.63) is 0 Å². The summed E-state index contributed by atoms with van der Waals surface area (Å²) >= 11 is 0. The summed E-state index contributed by atoms with van der Waals surface area (Å²) in [4.78, 5) is 2.68. The molecule has 1 unspecified atom stereocenters. The van der Waals surface area contributed by atoms with Crippen molar-refractivity contribution in [3.8, 4) is 0 Å². The zero-order chi connectivity index (χ0) is 11.4. The van der Waals surface area contributed by atoms with Gasteiger partial charge in [0.2, 0.25) is 0 Å². The van der Waals surface area contributed by atoms with E-state index < -0.39 is 0 Å². The maximum Gasteiger partial charge on any atom is 0.123 e. The highest BCUT2D eigenvalue weighted by Crippen LogP contribution is 2.48. The van der Waals surface area contributed by atoms with Gasteiger partial charge in [0.1, 0.15) is 23.5 Å². The van der Waals surface area contributed by atoms with Gasteiger partial charge in [-0.15, -0.1) is 0 Å². The van der Waals surface area contributed by atoms with Crippen LogP contribution in [0.4, 0.5) is 0 Å². The van der Waals surface area contributed by atoms with E-state index in [1.165, 1.54) is 6.42 Å². The van der Waals surface area contributed by atoms with Crippen LogP contribution in [0.1, 0.15) is 27.2 Å². The first-order valence-corrected chi connectivity index (χ1v) is 5.79. The normalized spacial score (nSPS) is 31.8. The minimum Gasteiger partial charge on any atom is -0.314 e. The van der Waals surface area contributed by atoms with Crippen LogP contribution < -0.4 is 0 Å². The van der Waals surface area contributed by atoms with Crippen LogP contribution in [0.25, 0.3) is 0 Å². The summed E-state index contributed by atoms with van der Waals surface area (Å²) in [5.74, 6) is 0.694. The van der Waals surface area contributed by atoms with Crippen molar-refractivity contribution in [1.29, 1.82) is 0 Å². The van der Waals surface area contributed by atoms with E-state index >= 15 is 0 Å². The topological polar surface area (TPSA) is 3.24 Å². The zero-order valence-corrected chi connectivity index (χ0v) is 11.2. The average molecular weight is 186 g/mol. The standard InChI is InChI=1S/C8H22B5N/c1-6(2,3)14-5(9)4-7(10,11)8(14,12)13/h5H,4,9-13H2,1-3H3. The number of nitrogens with zero attached hydrogens (tertiary/aromatic N) is 1. The van der Waals surface area contributed by atoms with Crippen molar-refractivity contribution < 1.29 is 0 Å². The Kier molecular flexibility index (Phi) is 2.77. The van der Waals surface area contributed by atoms with E-state index in [0.29, 0.717) is 16.5 Å². The van der Waals surface area contributed by atoms with Gasteiger partial charge in [0.05, 0.1) is 15.7 Å². The van der Waals surface area contributed by atoms with Gasteiger partial charge in [0.25, 0.3) is 0 Å². The fourth-order valence-electron chi connectivity index (χ4n) is 3.46. The van der Waals surface area contributed by atoms with Crippen LogP contribution >= 0.6 is 0 Å². The Hall–Kier alpha value is 0.285. The molecule has 1 fully saturated rings. The van der Waals surface area contributed by atoms with Gasteiger partial charge in [-0.2, -0.15) is 0 Å². The largest absolute Gasteiger partial charge is 0.314 e. The summed E-state index contributed by atoms with van der Waals surface area (Å²) in [5.41, 5.74) is 0.274. The summed E-state index contributed by atoms with van der Waals surface area (Å²) in [5, 5.41) is 0.713. The third-order valence-electron chi connectivity index (χ3n) is 4.23. The van der Waals surface area contributed by atoms with Crippen molar-refractivity contribution in [2.75, 3.05) is 0 Å². The van der Waals surface area contributed by atoms with Gasteiger partial charge in [0.15, 0.2) is 0 Å². The first-order chi connectivity index (χ1) is 6.00. The van der Waals surface area contributed by atoms with Gasteiger partial charge in [0, 0.05) is 5.54 Å². The molecule has 0 aromatic heterocycles. The summed E-state index contributed by atoms with van der Waals surface area (Å²) in [7, 11) is 11.9. The summed E-state index contributed by atoms with van der Waals surface area (Å²) < 4.78 is 0. The molecule has 0 N–H and O–H groups in total. The minimum absolute atomic E-state index is 0.274. The molecule has 0 bridgehead atoms. The van der Waals surface area contributed by atoms with Crippen LogP contribution in [-0.4, -0.2) is 60.9 Å². The van der Waals surface area contributed by atoms with Gasteiger partial charge in [-0.25, -0.2) is 0 Å². The van der Waals surface area contributed by atoms with Gasteiger partial charge in [-0.1, -0.05) is 11.6 Å². The maximum absolute atomic E-state index is 2.68. The molecule has 0 aromatic carbocycles. The molecule has 0 aliphatic carbocycles. The third kappa shape index (κ3) is 1.71. The highest BCUT2D eigenvalue weighted by Gasteiger charge is 2.52. The fraction of sp³-hybridized carbons (Fsp3) is 1.00. The number of likely N-dealkylation sites (tertiary alicyclic amines) is 1. The molecular weight excluding hydrogens is 164 g/mol. The Morgan fingerprint density at radius 1 is 1.14 bits per heavy atom. The summed E-state index contributed by atoms with van der Waals surface area (Å²) in [6.07, 6.45) is 1.30. The first kappa shape index (κ1) is 12.4. The lowest BCUT2D eigenvalue weighted by Crippen LogP contribution is -2.61. The highest BCUT2D eigenvalue weighted by molar-refractivity contribution is 6.55. The molecule has 6 heteroatoms. The van der Waals surface area contributed by atoms with E-state index in [9.17, 15) is 0 Å². The monoisotopic (exact) mass is 187 g/mol. The molecule has 0 aromatic rings. The Morgan fingerprint density at radius 2 is 1.57 bits per heavy atom. The van der Waals surface area contributed by atoms with Crippen molar-refractivity contribution in [1.82, 2.24) is 4.90 Å². The molecule has 74 valence electrons. The van der Waals surface area contributed by atoms with Crippen molar-refractivity contribution in [2.45, 2.75) is 49.2 Å². The van der Waals surface area contributed by atoms with E-state index in [4.69, 9.17) is 0 Å². The Bertz CT molecular complexity index is 232. The quantitative estimate of drug-likeness (QED) is 0.359. The second kappa shape index (κ2) is 3.14. The smallest absolute Gasteiger partial charge is 0.123 e.